The fourth-order valence-corrected chi connectivity index (χ4v) is 5.35. The first-order valence-electron chi connectivity index (χ1n) is 8.35. The van der Waals surface area contributed by atoms with Crippen molar-refractivity contribution >= 4 is 0 Å². The van der Waals surface area contributed by atoms with Crippen LogP contribution in [0.4, 0.5) is 0 Å². The molecular weight excluding hydrogens is 280 g/mol. The summed E-state index contributed by atoms with van der Waals surface area (Å²) >= 11 is 0. The lowest BCUT2D eigenvalue weighted by atomic mass is 9.80. The number of rotatable bonds is 1. The van der Waals surface area contributed by atoms with Crippen molar-refractivity contribution in [3.63, 3.8) is 0 Å². The minimum Gasteiger partial charge on any atom is -0.497 e. The summed E-state index contributed by atoms with van der Waals surface area (Å²) in [5.41, 5.74) is 2.42. The number of fused-ring (bicyclic) bond motifs is 2. The van der Waals surface area contributed by atoms with E-state index in [2.05, 4.69) is 25.1 Å². The van der Waals surface area contributed by atoms with Gasteiger partial charge < -0.3 is 18.9 Å². The third kappa shape index (κ3) is 1.35. The minimum atomic E-state index is -0.608. The summed E-state index contributed by atoms with van der Waals surface area (Å²) < 4.78 is 24.6. The third-order valence-corrected chi connectivity index (χ3v) is 6.26. The van der Waals surface area contributed by atoms with E-state index in [1.807, 2.05) is 0 Å². The second-order valence-corrected chi connectivity index (χ2v) is 7.03. The van der Waals surface area contributed by atoms with E-state index in [1.165, 1.54) is 17.5 Å². The minimum absolute atomic E-state index is 0.0529. The molecule has 118 valence electrons. The van der Waals surface area contributed by atoms with Crippen LogP contribution in [-0.4, -0.2) is 32.2 Å². The SMILES string of the molecule is COc1ccc2c(c1)C(C)[C@]13OCCOC1C1CCC[C@]21O3. The Bertz CT molecular complexity index is 630. The zero-order valence-corrected chi connectivity index (χ0v) is 13.1. The fourth-order valence-electron chi connectivity index (χ4n) is 5.35. The van der Waals surface area contributed by atoms with E-state index in [0.717, 1.165) is 18.6 Å². The van der Waals surface area contributed by atoms with Crippen LogP contribution in [0.15, 0.2) is 18.2 Å². The third-order valence-electron chi connectivity index (χ3n) is 6.26. The van der Waals surface area contributed by atoms with E-state index in [1.54, 1.807) is 7.11 Å². The predicted octanol–water partition coefficient (Wildman–Crippen LogP) is 2.95. The van der Waals surface area contributed by atoms with Gasteiger partial charge in [0, 0.05) is 11.8 Å². The van der Waals surface area contributed by atoms with E-state index < -0.39 is 5.79 Å². The Morgan fingerprint density at radius 3 is 3.05 bits per heavy atom. The van der Waals surface area contributed by atoms with Gasteiger partial charge in [-0.1, -0.05) is 13.0 Å². The molecule has 3 unspecified atom stereocenters. The fraction of sp³-hybridized carbons (Fsp3) is 0.667. The maximum Gasteiger partial charge on any atom is 0.202 e. The van der Waals surface area contributed by atoms with E-state index in [0.29, 0.717) is 19.1 Å². The van der Waals surface area contributed by atoms with Crippen molar-refractivity contribution in [3.05, 3.63) is 29.3 Å². The second kappa shape index (κ2) is 4.25. The summed E-state index contributed by atoms with van der Waals surface area (Å²) in [6, 6.07) is 6.43. The van der Waals surface area contributed by atoms with Crippen molar-refractivity contribution in [2.75, 3.05) is 20.3 Å². The lowest BCUT2D eigenvalue weighted by Gasteiger charge is -2.47. The monoisotopic (exact) mass is 302 g/mol. The second-order valence-electron chi connectivity index (χ2n) is 7.03. The lowest BCUT2D eigenvalue weighted by Crippen LogP contribution is -2.54. The van der Waals surface area contributed by atoms with Gasteiger partial charge in [-0.25, -0.2) is 0 Å². The molecule has 3 heterocycles. The Labute approximate surface area is 130 Å². The molecule has 5 atom stereocenters. The van der Waals surface area contributed by atoms with Gasteiger partial charge in [-0.2, -0.15) is 0 Å². The Hall–Kier alpha value is -1.10. The zero-order chi connectivity index (χ0) is 14.9. The number of methoxy groups -OCH3 is 1. The van der Waals surface area contributed by atoms with Gasteiger partial charge in [-0.05, 0) is 42.5 Å². The first-order chi connectivity index (χ1) is 10.7. The molecule has 0 aromatic heterocycles. The maximum atomic E-state index is 6.72. The molecule has 2 saturated heterocycles. The van der Waals surface area contributed by atoms with Gasteiger partial charge in [0.15, 0.2) is 0 Å². The molecule has 4 heteroatoms. The lowest BCUT2D eigenvalue weighted by molar-refractivity contribution is -0.328. The number of hydrogen-bond acceptors (Lipinski definition) is 4. The highest BCUT2D eigenvalue weighted by Crippen LogP contribution is 2.66. The average Bonchev–Trinajstić information content (AvgIpc) is 3.06. The normalized spacial score (nSPS) is 45.1. The van der Waals surface area contributed by atoms with Crippen molar-refractivity contribution in [2.45, 2.75) is 49.6 Å². The molecule has 3 fully saturated rings. The molecular formula is C18H22O4. The first-order valence-corrected chi connectivity index (χ1v) is 8.35. The van der Waals surface area contributed by atoms with Crippen LogP contribution < -0.4 is 4.74 Å². The Morgan fingerprint density at radius 2 is 2.18 bits per heavy atom. The summed E-state index contributed by atoms with van der Waals surface area (Å²) in [6.45, 7) is 3.49. The molecule has 5 rings (SSSR count). The van der Waals surface area contributed by atoms with E-state index in [9.17, 15) is 0 Å². The molecule has 4 aliphatic rings. The number of benzene rings is 1. The highest BCUT2D eigenvalue weighted by atomic mass is 16.8. The summed E-state index contributed by atoms with van der Waals surface area (Å²) in [4.78, 5) is 0. The summed E-state index contributed by atoms with van der Waals surface area (Å²) in [7, 11) is 1.72. The highest BCUT2D eigenvalue weighted by Gasteiger charge is 2.72. The van der Waals surface area contributed by atoms with Crippen molar-refractivity contribution in [1.29, 1.82) is 0 Å². The van der Waals surface area contributed by atoms with Crippen molar-refractivity contribution in [2.24, 2.45) is 5.92 Å². The van der Waals surface area contributed by atoms with E-state index >= 15 is 0 Å². The molecule has 1 saturated carbocycles. The van der Waals surface area contributed by atoms with Crippen LogP contribution >= 0.6 is 0 Å². The van der Waals surface area contributed by atoms with Crippen molar-refractivity contribution in [3.8, 4) is 5.75 Å². The van der Waals surface area contributed by atoms with Crippen LogP contribution in [0.1, 0.15) is 43.2 Å². The summed E-state index contributed by atoms with van der Waals surface area (Å²) in [6.07, 6.45) is 3.47. The van der Waals surface area contributed by atoms with Gasteiger partial charge in [-0.15, -0.1) is 0 Å². The molecule has 2 spiro atoms. The van der Waals surface area contributed by atoms with Gasteiger partial charge in [-0.3, -0.25) is 0 Å². The van der Waals surface area contributed by atoms with Crippen LogP contribution in [0.5, 0.6) is 5.75 Å². The molecule has 0 N–H and O–H groups in total. The Kier molecular flexibility index (Phi) is 2.58. The largest absolute Gasteiger partial charge is 0.497 e. The molecule has 4 nitrogen and oxygen atoms in total. The molecule has 3 aliphatic heterocycles. The summed E-state index contributed by atoms with van der Waals surface area (Å²) in [5.74, 6) is 0.856. The summed E-state index contributed by atoms with van der Waals surface area (Å²) in [5, 5.41) is 0. The van der Waals surface area contributed by atoms with Gasteiger partial charge in [0.25, 0.3) is 0 Å². The molecule has 2 bridgehead atoms. The standard InChI is InChI=1S/C18H22O4/c1-11-13-10-12(19-2)5-6-14(13)17-7-3-4-15(17)16-18(11,22-17)21-9-8-20-16/h5-6,10-11,15-16H,3-4,7-9H2,1-2H3/t11?,15?,16?,17-,18+/m0/s1. The number of hydrogen-bond donors (Lipinski definition) is 0. The van der Waals surface area contributed by atoms with Gasteiger partial charge >= 0.3 is 0 Å². The molecule has 0 radical (unpaired) electrons. The first kappa shape index (κ1) is 13.3. The van der Waals surface area contributed by atoms with Crippen LogP contribution in [0.3, 0.4) is 0 Å². The topological polar surface area (TPSA) is 36.9 Å². The average molecular weight is 302 g/mol. The highest BCUT2D eigenvalue weighted by molar-refractivity contribution is 5.47. The smallest absolute Gasteiger partial charge is 0.202 e. The maximum absolute atomic E-state index is 6.72. The van der Waals surface area contributed by atoms with Crippen molar-refractivity contribution in [1.82, 2.24) is 0 Å². The van der Waals surface area contributed by atoms with Crippen LogP contribution in [-0.2, 0) is 19.8 Å². The molecule has 22 heavy (non-hydrogen) atoms. The van der Waals surface area contributed by atoms with Crippen LogP contribution in [0, 0.1) is 5.92 Å². The predicted molar refractivity (Wildman–Crippen MR) is 79.9 cm³/mol. The molecule has 1 aliphatic carbocycles. The zero-order valence-electron chi connectivity index (χ0n) is 13.1. The van der Waals surface area contributed by atoms with Gasteiger partial charge in [0.1, 0.15) is 17.5 Å². The number of ether oxygens (including phenoxy) is 4. The van der Waals surface area contributed by atoms with E-state index in [4.69, 9.17) is 18.9 Å². The Morgan fingerprint density at radius 1 is 1.27 bits per heavy atom. The van der Waals surface area contributed by atoms with E-state index in [-0.39, 0.29) is 17.6 Å². The molecule has 1 aromatic carbocycles. The van der Waals surface area contributed by atoms with Gasteiger partial charge in [0.2, 0.25) is 5.79 Å². The Balaban J connectivity index is 1.75. The van der Waals surface area contributed by atoms with Crippen molar-refractivity contribution < 1.29 is 18.9 Å². The molecule has 0 amide bonds. The quantitative estimate of drug-likeness (QED) is 0.799. The van der Waals surface area contributed by atoms with Crippen LogP contribution in [0.25, 0.3) is 0 Å². The van der Waals surface area contributed by atoms with Crippen LogP contribution in [0.2, 0.25) is 0 Å². The van der Waals surface area contributed by atoms with Gasteiger partial charge in [0.05, 0.1) is 20.3 Å². The molecule has 1 aromatic rings.